The number of likely N-dealkylation sites (N-methyl/N-ethyl adjacent to an activating group) is 1. The van der Waals surface area contributed by atoms with Crippen molar-refractivity contribution in [3.8, 4) is 0 Å². The molecule has 2 aliphatic rings. The average molecular weight is 540 g/mol. The van der Waals surface area contributed by atoms with E-state index in [9.17, 15) is 9.59 Å². The number of hydrogen-bond donors (Lipinski definition) is 1. The lowest BCUT2D eigenvalue weighted by Crippen LogP contribution is -2.31. The van der Waals surface area contributed by atoms with Crippen molar-refractivity contribution in [1.82, 2.24) is 15.1 Å². The third-order valence-corrected chi connectivity index (χ3v) is 8.09. The van der Waals surface area contributed by atoms with E-state index in [-0.39, 0.29) is 18.2 Å². The largest absolute Gasteiger partial charge is 0.380 e. The fourth-order valence-electron chi connectivity index (χ4n) is 4.72. The lowest BCUT2D eigenvalue weighted by molar-refractivity contribution is -0.122. The first-order valence-electron chi connectivity index (χ1n) is 12.5. The van der Waals surface area contributed by atoms with Gasteiger partial charge < -0.3 is 15.0 Å². The maximum absolute atomic E-state index is 12.9. The van der Waals surface area contributed by atoms with Crippen LogP contribution in [0.5, 0.6) is 0 Å². The first-order valence-corrected chi connectivity index (χ1v) is 13.7. The zero-order chi connectivity index (χ0) is 25.8. The number of halogens is 1. The number of nitrogens with zero attached hydrogens (tertiary/aromatic N) is 4. The summed E-state index contributed by atoms with van der Waals surface area (Å²) in [5.41, 5.74) is 3.16. The molecule has 10 heteroatoms. The van der Waals surface area contributed by atoms with E-state index < -0.39 is 5.92 Å². The molecule has 1 aromatic heterocycles. The summed E-state index contributed by atoms with van der Waals surface area (Å²) in [6.45, 7) is 2.79. The second kappa shape index (κ2) is 11.7. The average Bonchev–Trinajstić information content (AvgIpc) is 3.66. The Labute approximate surface area is 225 Å². The molecular formula is C27H30ClN5O3S. The fourth-order valence-corrected chi connectivity index (χ4v) is 5.58. The third-order valence-electron chi connectivity index (χ3n) is 6.94. The van der Waals surface area contributed by atoms with Gasteiger partial charge in [0.25, 0.3) is 0 Å². The smallest absolute Gasteiger partial charge is 0.231 e. The van der Waals surface area contributed by atoms with Crippen molar-refractivity contribution in [2.24, 2.45) is 5.92 Å². The predicted octanol–water partition coefficient (Wildman–Crippen LogP) is 4.19. The summed E-state index contributed by atoms with van der Waals surface area (Å²) in [5, 5.41) is 13.2. The number of amides is 2. The van der Waals surface area contributed by atoms with E-state index in [1.54, 1.807) is 4.90 Å². The normalized spacial score (nSPS) is 19.6. The van der Waals surface area contributed by atoms with Crippen LogP contribution in [0.25, 0.3) is 0 Å². The number of carbonyl (C=O) groups is 2. The van der Waals surface area contributed by atoms with Crippen molar-refractivity contribution in [2.45, 2.75) is 38.3 Å². The van der Waals surface area contributed by atoms with E-state index >= 15 is 0 Å². The van der Waals surface area contributed by atoms with E-state index in [1.165, 1.54) is 22.5 Å². The van der Waals surface area contributed by atoms with Crippen molar-refractivity contribution in [3.63, 3.8) is 0 Å². The van der Waals surface area contributed by atoms with Crippen LogP contribution >= 0.6 is 22.9 Å². The standard InChI is InChI=1S/C27H30ClN5O3S/c1-32(23-12-13-36-17-23)15-19-4-9-22(10-5-19)33-16-20(14-25(33)34)26(35)29-27-31-30-24(37-27)11-6-18-2-7-21(28)8-3-18/h2-5,7-10,20,23H,6,11-17H2,1H3,(H,29,31,35). The Morgan fingerprint density at radius 3 is 2.62 bits per heavy atom. The molecule has 2 fully saturated rings. The SMILES string of the molecule is CN(Cc1ccc(N2CC(C(=O)Nc3nnc(CCc4ccc(Cl)cc4)s3)CC2=O)cc1)C1CCOC1. The molecule has 0 aliphatic carbocycles. The highest BCUT2D eigenvalue weighted by atomic mass is 35.5. The summed E-state index contributed by atoms with van der Waals surface area (Å²) >= 11 is 7.31. The van der Waals surface area contributed by atoms with Crippen molar-refractivity contribution in [1.29, 1.82) is 0 Å². The van der Waals surface area contributed by atoms with Gasteiger partial charge in [-0.2, -0.15) is 0 Å². The molecule has 2 atom stereocenters. The van der Waals surface area contributed by atoms with E-state index in [0.29, 0.717) is 22.7 Å². The summed E-state index contributed by atoms with van der Waals surface area (Å²) in [6, 6.07) is 16.2. The second-order valence-electron chi connectivity index (χ2n) is 9.62. The third kappa shape index (κ3) is 6.54. The topological polar surface area (TPSA) is 87.7 Å². The van der Waals surface area contributed by atoms with Gasteiger partial charge in [0.2, 0.25) is 16.9 Å². The summed E-state index contributed by atoms with van der Waals surface area (Å²) in [4.78, 5) is 29.6. The van der Waals surface area contributed by atoms with E-state index in [1.807, 2.05) is 36.4 Å². The van der Waals surface area contributed by atoms with Gasteiger partial charge in [-0.3, -0.25) is 14.5 Å². The Morgan fingerprint density at radius 1 is 1.14 bits per heavy atom. The Balaban J connectivity index is 1.12. The summed E-state index contributed by atoms with van der Waals surface area (Å²) in [6.07, 6.45) is 2.78. The Bertz CT molecular complexity index is 1230. The molecule has 194 valence electrons. The lowest BCUT2D eigenvalue weighted by atomic mass is 10.1. The number of benzene rings is 2. The minimum atomic E-state index is -0.429. The van der Waals surface area contributed by atoms with Gasteiger partial charge >= 0.3 is 0 Å². The van der Waals surface area contributed by atoms with Gasteiger partial charge in [0, 0.05) is 49.3 Å². The number of ether oxygens (including phenoxy) is 1. The van der Waals surface area contributed by atoms with Gasteiger partial charge in [0.15, 0.2) is 0 Å². The number of aryl methyl sites for hydroxylation is 2. The van der Waals surface area contributed by atoms with E-state index in [0.717, 1.165) is 49.7 Å². The van der Waals surface area contributed by atoms with Crippen LogP contribution in [0.3, 0.4) is 0 Å². The second-order valence-corrected chi connectivity index (χ2v) is 11.1. The molecule has 0 bridgehead atoms. The maximum Gasteiger partial charge on any atom is 0.231 e. The Morgan fingerprint density at radius 2 is 1.89 bits per heavy atom. The molecule has 0 saturated carbocycles. The van der Waals surface area contributed by atoms with Crippen molar-refractivity contribution < 1.29 is 14.3 Å². The minimum Gasteiger partial charge on any atom is -0.380 e. The van der Waals surface area contributed by atoms with Crippen LogP contribution in [-0.4, -0.2) is 59.8 Å². The molecule has 0 radical (unpaired) electrons. The number of rotatable bonds is 9. The molecule has 2 saturated heterocycles. The Kier molecular flexibility index (Phi) is 8.14. The number of carbonyl (C=O) groups excluding carboxylic acids is 2. The van der Waals surface area contributed by atoms with Crippen molar-refractivity contribution in [3.05, 3.63) is 69.7 Å². The zero-order valence-corrected chi connectivity index (χ0v) is 22.3. The predicted molar refractivity (Wildman–Crippen MR) is 145 cm³/mol. The first kappa shape index (κ1) is 25.8. The summed E-state index contributed by atoms with van der Waals surface area (Å²) in [5.74, 6) is -0.676. The van der Waals surface area contributed by atoms with E-state index in [4.69, 9.17) is 16.3 Å². The van der Waals surface area contributed by atoms with Crippen LogP contribution in [0.15, 0.2) is 48.5 Å². The van der Waals surface area contributed by atoms with Gasteiger partial charge in [-0.25, -0.2) is 0 Å². The fraction of sp³-hybridized carbons (Fsp3) is 0.407. The van der Waals surface area contributed by atoms with E-state index in [2.05, 4.69) is 39.6 Å². The van der Waals surface area contributed by atoms with Gasteiger partial charge in [-0.1, -0.05) is 47.2 Å². The number of aromatic nitrogens is 2. The molecule has 2 unspecified atom stereocenters. The number of nitrogens with one attached hydrogen (secondary N) is 1. The summed E-state index contributed by atoms with van der Waals surface area (Å²) in [7, 11) is 2.11. The molecule has 2 amide bonds. The zero-order valence-electron chi connectivity index (χ0n) is 20.7. The van der Waals surface area contributed by atoms with Crippen LogP contribution < -0.4 is 10.2 Å². The quantitative estimate of drug-likeness (QED) is 0.439. The molecule has 2 aliphatic heterocycles. The molecule has 37 heavy (non-hydrogen) atoms. The lowest BCUT2D eigenvalue weighted by Gasteiger charge is -2.23. The van der Waals surface area contributed by atoms with Crippen molar-refractivity contribution in [2.75, 3.05) is 37.0 Å². The molecule has 5 rings (SSSR count). The van der Waals surface area contributed by atoms with Gasteiger partial charge in [0.1, 0.15) is 5.01 Å². The highest BCUT2D eigenvalue weighted by molar-refractivity contribution is 7.15. The highest BCUT2D eigenvalue weighted by Gasteiger charge is 2.35. The van der Waals surface area contributed by atoms with Gasteiger partial charge in [-0.15, -0.1) is 10.2 Å². The molecule has 3 heterocycles. The number of hydrogen-bond acceptors (Lipinski definition) is 7. The number of anilines is 2. The molecule has 1 N–H and O–H groups in total. The molecule has 8 nitrogen and oxygen atoms in total. The molecule has 2 aromatic carbocycles. The van der Waals surface area contributed by atoms with Gasteiger partial charge in [0.05, 0.1) is 12.5 Å². The van der Waals surface area contributed by atoms with Crippen LogP contribution in [0.2, 0.25) is 5.02 Å². The minimum absolute atomic E-state index is 0.0472. The van der Waals surface area contributed by atoms with Crippen LogP contribution in [-0.2, 0) is 33.7 Å². The molecule has 0 spiro atoms. The highest BCUT2D eigenvalue weighted by Crippen LogP contribution is 2.27. The first-order chi connectivity index (χ1) is 17.9. The van der Waals surface area contributed by atoms with Crippen LogP contribution in [0.1, 0.15) is 29.0 Å². The monoisotopic (exact) mass is 539 g/mol. The maximum atomic E-state index is 12.9. The van der Waals surface area contributed by atoms with Gasteiger partial charge in [-0.05, 0) is 55.3 Å². The summed E-state index contributed by atoms with van der Waals surface area (Å²) < 4.78 is 5.48. The van der Waals surface area contributed by atoms with Crippen LogP contribution in [0.4, 0.5) is 10.8 Å². The molecule has 3 aromatic rings. The Hall–Kier alpha value is -2.85. The van der Waals surface area contributed by atoms with Crippen LogP contribution in [0, 0.1) is 5.92 Å². The van der Waals surface area contributed by atoms with Crippen molar-refractivity contribution >= 4 is 45.6 Å². The molecular weight excluding hydrogens is 510 g/mol.